The number of hydrogen-bond donors (Lipinski definition) is 2. The molecule has 0 aliphatic carbocycles. The zero-order valence-corrected chi connectivity index (χ0v) is 23.6. The molecule has 0 aliphatic heterocycles. The summed E-state index contributed by atoms with van der Waals surface area (Å²) in [7, 11) is 1.22. The van der Waals surface area contributed by atoms with E-state index >= 15 is 0 Å². The fourth-order valence-electron chi connectivity index (χ4n) is 2.44. The molecule has 0 saturated heterocycles. The Morgan fingerprint density at radius 3 is 1.72 bits per heavy atom. The zero-order chi connectivity index (χ0) is 28.5. The molecule has 3 amide bonds. The molecule has 12 heteroatoms. The zero-order valence-electron chi connectivity index (χ0n) is 23.6. The van der Waals surface area contributed by atoms with Crippen LogP contribution < -0.4 is 11.1 Å². The molecule has 36 heavy (non-hydrogen) atoms. The topological polar surface area (TPSA) is 156 Å². The molecule has 0 rings (SSSR count). The van der Waals surface area contributed by atoms with Gasteiger partial charge in [0, 0.05) is 6.54 Å². The minimum absolute atomic E-state index is 0.0160. The van der Waals surface area contributed by atoms with E-state index in [4.69, 9.17) is 24.8 Å². The molecule has 0 aromatic carbocycles. The fourth-order valence-corrected chi connectivity index (χ4v) is 2.44. The van der Waals surface area contributed by atoms with Crippen molar-refractivity contribution in [1.29, 1.82) is 0 Å². The van der Waals surface area contributed by atoms with Gasteiger partial charge in [-0.1, -0.05) is 5.06 Å². The lowest BCUT2D eigenvalue weighted by molar-refractivity contribution is -0.228. The van der Waals surface area contributed by atoms with Crippen LogP contribution in [0.4, 0.5) is 9.59 Å². The van der Waals surface area contributed by atoms with Crippen LogP contribution in [0.5, 0.6) is 0 Å². The Kier molecular flexibility index (Phi) is 12.3. The molecule has 3 N–H and O–H groups in total. The number of nitrogens with two attached hydrogens (primary N) is 1. The largest absolute Gasteiger partial charge is 0.469 e. The highest BCUT2D eigenvalue weighted by molar-refractivity contribution is 5.87. The molecule has 0 fully saturated rings. The normalized spacial score (nSPS) is 13.4. The van der Waals surface area contributed by atoms with Gasteiger partial charge in [0.25, 0.3) is 0 Å². The van der Waals surface area contributed by atoms with Crippen molar-refractivity contribution in [2.75, 3.05) is 20.3 Å². The number of methoxy groups -OCH3 is 1. The monoisotopic (exact) mass is 519 g/mol. The first-order valence-corrected chi connectivity index (χ1v) is 11.8. The Hall–Kier alpha value is -2.44. The van der Waals surface area contributed by atoms with Crippen molar-refractivity contribution in [2.24, 2.45) is 5.73 Å². The van der Waals surface area contributed by atoms with Crippen molar-refractivity contribution in [2.45, 2.75) is 111 Å². The summed E-state index contributed by atoms with van der Waals surface area (Å²) < 4.78 is 21.1. The van der Waals surface area contributed by atoms with E-state index in [1.807, 2.05) is 13.8 Å². The van der Waals surface area contributed by atoms with Gasteiger partial charge in [0.05, 0.1) is 31.8 Å². The van der Waals surface area contributed by atoms with Crippen molar-refractivity contribution in [3.8, 4) is 0 Å². The highest BCUT2D eigenvalue weighted by atomic mass is 16.8. The summed E-state index contributed by atoms with van der Waals surface area (Å²) in [5, 5.41) is 3.11. The van der Waals surface area contributed by atoms with Gasteiger partial charge in [-0.15, -0.1) is 0 Å². The van der Waals surface area contributed by atoms with E-state index in [-0.39, 0.29) is 19.6 Å². The molecule has 210 valence electrons. The molecule has 0 aliphatic rings. The molecule has 12 nitrogen and oxygen atoms in total. The number of nitrogens with one attached hydrogen (secondary N) is 1. The summed E-state index contributed by atoms with van der Waals surface area (Å²) in [5.41, 5.74) is 2.09. The first-order valence-electron chi connectivity index (χ1n) is 11.8. The Bertz CT molecular complexity index is 740. The summed E-state index contributed by atoms with van der Waals surface area (Å²) in [4.78, 5) is 54.3. The van der Waals surface area contributed by atoms with Gasteiger partial charge in [0.2, 0.25) is 5.91 Å². The van der Waals surface area contributed by atoms with E-state index in [0.29, 0.717) is 11.5 Å². The second-order valence-electron chi connectivity index (χ2n) is 11.6. The van der Waals surface area contributed by atoms with Crippen LogP contribution >= 0.6 is 0 Å². The van der Waals surface area contributed by atoms with Crippen LogP contribution in [0.2, 0.25) is 0 Å². The van der Waals surface area contributed by atoms with Gasteiger partial charge >= 0.3 is 18.2 Å². The molecule has 0 spiro atoms. The van der Waals surface area contributed by atoms with Crippen molar-refractivity contribution in [1.82, 2.24) is 10.4 Å². The summed E-state index contributed by atoms with van der Waals surface area (Å²) in [6.07, 6.45) is -1.86. The van der Waals surface area contributed by atoms with Crippen LogP contribution in [0.15, 0.2) is 0 Å². The number of hydrogen-bond acceptors (Lipinski definition) is 10. The predicted molar refractivity (Wildman–Crippen MR) is 132 cm³/mol. The van der Waals surface area contributed by atoms with Crippen LogP contribution in [0.25, 0.3) is 0 Å². The molecule has 0 bridgehead atoms. The third kappa shape index (κ3) is 14.8. The quantitative estimate of drug-likeness (QED) is 0.236. The molecular weight excluding hydrogens is 474 g/mol. The van der Waals surface area contributed by atoms with Crippen molar-refractivity contribution in [3.05, 3.63) is 0 Å². The Morgan fingerprint density at radius 2 is 1.31 bits per heavy atom. The van der Waals surface area contributed by atoms with Crippen LogP contribution in [0, 0.1) is 0 Å². The highest BCUT2D eigenvalue weighted by Gasteiger charge is 2.38. The minimum atomic E-state index is -1.14. The number of ether oxygens (including phenoxy) is 4. The average Bonchev–Trinajstić information content (AvgIpc) is 2.67. The number of hydroxylamine groups is 2. The second kappa shape index (κ2) is 13.2. The molecule has 0 unspecified atom stereocenters. The van der Waals surface area contributed by atoms with Gasteiger partial charge in [-0.2, -0.15) is 0 Å². The van der Waals surface area contributed by atoms with Crippen LogP contribution in [0.3, 0.4) is 0 Å². The van der Waals surface area contributed by atoms with Crippen molar-refractivity contribution >= 4 is 24.1 Å². The lowest BCUT2D eigenvalue weighted by Crippen LogP contribution is -2.50. The van der Waals surface area contributed by atoms with E-state index in [0.717, 1.165) is 0 Å². The summed E-state index contributed by atoms with van der Waals surface area (Å²) >= 11 is 0. The average molecular weight is 520 g/mol. The van der Waals surface area contributed by atoms with Gasteiger partial charge in [0.1, 0.15) is 16.8 Å². The fraction of sp³-hybridized carbons (Fsp3) is 0.833. The summed E-state index contributed by atoms with van der Waals surface area (Å²) in [6, 6.07) is -1.01. The Labute approximate surface area is 214 Å². The lowest BCUT2D eigenvalue weighted by Gasteiger charge is -2.35. The van der Waals surface area contributed by atoms with Crippen molar-refractivity contribution in [3.63, 3.8) is 0 Å². The third-order valence-electron chi connectivity index (χ3n) is 4.24. The maximum absolute atomic E-state index is 12.7. The number of carbonyl (C=O) groups is 4. The SMILES string of the molecule is COC(=O)C[C@H](N)C(=O)NCCC(C)(C)OCC(C)(C)ON(C(=O)OC(C)(C)C)C(=O)OC(C)(C)C. The van der Waals surface area contributed by atoms with Crippen molar-refractivity contribution < 1.29 is 43.0 Å². The summed E-state index contributed by atoms with van der Waals surface area (Å²) in [6.45, 7) is 17.1. The molecule has 0 saturated carbocycles. The smallest absolute Gasteiger partial charge is 0.444 e. The summed E-state index contributed by atoms with van der Waals surface area (Å²) in [5.74, 6) is -1.06. The lowest BCUT2D eigenvalue weighted by atomic mass is 10.0. The third-order valence-corrected chi connectivity index (χ3v) is 4.24. The second-order valence-corrected chi connectivity index (χ2v) is 11.6. The molecule has 0 radical (unpaired) electrons. The standard InChI is InChI=1S/C24H45N3O9/c1-21(2,3)34-19(30)27(20(31)35-22(4,5)6)36-24(9,10)15-33-23(7,8)12-13-26-18(29)16(25)14-17(28)32-11/h16H,12-15,25H2,1-11H3,(H,26,29)/t16-/m0/s1. The molecule has 0 aromatic heterocycles. The number of esters is 1. The number of nitrogens with zero attached hydrogens (tertiary/aromatic N) is 1. The molecule has 1 atom stereocenters. The Morgan fingerprint density at radius 1 is 0.833 bits per heavy atom. The van der Waals surface area contributed by atoms with E-state index in [1.165, 1.54) is 7.11 Å². The van der Waals surface area contributed by atoms with Crippen LogP contribution in [-0.4, -0.2) is 77.8 Å². The first kappa shape index (κ1) is 33.6. The number of carbonyl (C=O) groups excluding carboxylic acids is 4. The molecular formula is C24H45N3O9. The van der Waals surface area contributed by atoms with Gasteiger partial charge in [-0.25, -0.2) is 14.4 Å². The van der Waals surface area contributed by atoms with Gasteiger partial charge in [-0.05, 0) is 75.7 Å². The minimum Gasteiger partial charge on any atom is -0.469 e. The highest BCUT2D eigenvalue weighted by Crippen LogP contribution is 2.23. The first-order chi connectivity index (χ1) is 16.1. The number of imide groups is 1. The number of amides is 3. The van der Waals surface area contributed by atoms with Gasteiger partial charge < -0.3 is 30.0 Å². The maximum atomic E-state index is 12.7. The Balaban J connectivity index is 5.09. The number of rotatable bonds is 11. The van der Waals surface area contributed by atoms with E-state index in [2.05, 4.69) is 10.1 Å². The van der Waals surface area contributed by atoms with Crippen LogP contribution in [-0.2, 0) is 33.4 Å². The van der Waals surface area contributed by atoms with Gasteiger partial charge in [0.15, 0.2) is 0 Å². The predicted octanol–water partition coefficient (Wildman–Crippen LogP) is 3.06. The van der Waals surface area contributed by atoms with Gasteiger partial charge in [-0.3, -0.25) is 9.59 Å². The maximum Gasteiger partial charge on any atom is 0.444 e. The molecule has 0 aromatic rings. The van der Waals surface area contributed by atoms with E-state index in [9.17, 15) is 19.2 Å². The van der Waals surface area contributed by atoms with E-state index < -0.39 is 52.5 Å². The molecule has 0 heterocycles. The van der Waals surface area contributed by atoms with Crippen LogP contribution in [0.1, 0.15) is 82.1 Å². The van der Waals surface area contributed by atoms with E-state index in [1.54, 1.807) is 55.4 Å².